The number of nitrogens with one attached hydrogen (secondary N) is 2. The first kappa shape index (κ1) is 12.0. The molecule has 0 aliphatic carbocycles. The normalized spacial score (nSPS) is 19.2. The summed E-state index contributed by atoms with van der Waals surface area (Å²) in [5.74, 6) is -0.459. The number of carbonyl (C=O) groups excluding carboxylic acids is 1. The molecule has 17 heavy (non-hydrogen) atoms. The van der Waals surface area contributed by atoms with Crippen LogP contribution in [0.1, 0.15) is 29.6 Å². The van der Waals surface area contributed by atoms with Gasteiger partial charge in [0.25, 0.3) is 5.91 Å². The molecule has 1 aromatic rings. The van der Waals surface area contributed by atoms with Crippen LogP contribution in [0.5, 0.6) is 0 Å². The van der Waals surface area contributed by atoms with Crippen molar-refractivity contribution in [3.05, 3.63) is 35.6 Å². The van der Waals surface area contributed by atoms with Gasteiger partial charge in [0.05, 0.1) is 0 Å². The topological polar surface area (TPSA) is 41.1 Å². The van der Waals surface area contributed by atoms with Crippen molar-refractivity contribution in [1.29, 1.82) is 0 Å². The molecule has 2 N–H and O–H groups in total. The van der Waals surface area contributed by atoms with Gasteiger partial charge in [0.2, 0.25) is 0 Å². The molecule has 0 radical (unpaired) electrons. The first-order valence-electron chi connectivity index (χ1n) is 6.03. The zero-order valence-electron chi connectivity index (χ0n) is 9.71. The summed E-state index contributed by atoms with van der Waals surface area (Å²) < 4.78 is 12.7. The zero-order valence-corrected chi connectivity index (χ0v) is 9.71. The third-order valence-corrected chi connectivity index (χ3v) is 3.05. The van der Waals surface area contributed by atoms with Gasteiger partial charge in [-0.2, -0.15) is 0 Å². The van der Waals surface area contributed by atoms with Crippen LogP contribution in [0.2, 0.25) is 0 Å². The van der Waals surface area contributed by atoms with Gasteiger partial charge in [-0.05, 0) is 50.1 Å². The van der Waals surface area contributed by atoms with E-state index in [1.807, 2.05) is 0 Å². The van der Waals surface area contributed by atoms with Gasteiger partial charge in [0.1, 0.15) is 5.82 Å². The molecule has 0 spiro atoms. The highest BCUT2D eigenvalue weighted by Crippen LogP contribution is 2.08. The monoisotopic (exact) mass is 236 g/mol. The van der Waals surface area contributed by atoms with Gasteiger partial charge < -0.3 is 10.6 Å². The summed E-state index contributed by atoms with van der Waals surface area (Å²) >= 11 is 0. The summed E-state index contributed by atoms with van der Waals surface area (Å²) in [7, 11) is 0. The van der Waals surface area contributed by atoms with E-state index in [0.29, 0.717) is 18.2 Å². The fourth-order valence-electron chi connectivity index (χ4n) is 2.07. The van der Waals surface area contributed by atoms with Gasteiger partial charge in [-0.3, -0.25) is 4.79 Å². The number of halogens is 1. The fraction of sp³-hybridized carbons (Fsp3) is 0.462. The third kappa shape index (κ3) is 3.53. The Balaban J connectivity index is 1.75. The van der Waals surface area contributed by atoms with Gasteiger partial charge in [-0.25, -0.2) is 4.39 Å². The van der Waals surface area contributed by atoms with Gasteiger partial charge in [0, 0.05) is 18.2 Å². The van der Waals surface area contributed by atoms with Crippen molar-refractivity contribution < 1.29 is 9.18 Å². The molecule has 1 fully saturated rings. The van der Waals surface area contributed by atoms with Crippen LogP contribution in [0.15, 0.2) is 24.3 Å². The number of benzene rings is 1. The van der Waals surface area contributed by atoms with Crippen molar-refractivity contribution in [2.75, 3.05) is 13.1 Å². The summed E-state index contributed by atoms with van der Waals surface area (Å²) in [4.78, 5) is 11.7. The highest BCUT2D eigenvalue weighted by molar-refractivity contribution is 5.94. The maximum atomic E-state index is 12.7. The third-order valence-electron chi connectivity index (χ3n) is 3.05. The first-order valence-corrected chi connectivity index (χ1v) is 6.03. The van der Waals surface area contributed by atoms with Gasteiger partial charge in [-0.15, -0.1) is 0 Å². The molecule has 3 nitrogen and oxygen atoms in total. The largest absolute Gasteiger partial charge is 0.352 e. The van der Waals surface area contributed by atoms with Gasteiger partial charge >= 0.3 is 0 Å². The van der Waals surface area contributed by atoms with Gasteiger partial charge in [0.15, 0.2) is 0 Å². The standard InChI is InChI=1S/C13H17FN2O/c14-11-5-3-10(4-6-11)13(17)16-9-7-12-2-1-8-15-12/h3-6,12,15H,1-2,7-9H2,(H,16,17)/t12-/m1/s1. The number of hydrogen-bond donors (Lipinski definition) is 2. The molecule has 1 heterocycles. The highest BCUT2D eigenvalue weighted by atomic mass is 19.1. The summed E-state index contributed by atoms with van der Waals surface area (Å²) in [6.07, 6.45) is 3.36. The van der Waals surface area contributed by atoms with Crippen molar-refractivity contribution in [2.24, 2.45) is 0 Å². The maximum Gasteiger partial charge on any atom is 0.251 e. The summed E-state index contributed by atoms with van der Waals surface area (Å²) in [6.45, 7) is 1.74. The Morgan fingerprint density at radius 1 is 1.41 bits per heavy atom. The van der Waals surface area contributed by atoms with Crippen molar-refractivity contribution in [3.8, 4) is 0 Å². The van der Waals surface area contributed by atoms with Crippen molar-refractivity contribution >= 4 is 5.91 Å². The quantitative estimate of drug-likeness (QED) is 0.835. The van der Waals surface area contributed by atoms with E-state index in [2.05, 4.69) is 10.6 Å². The molecule has 0 bridgehead atoms. The second kappa shape index (κ2) is 5.77. The Morgan fingerprint density at radius 2 is 2.18 bits per heavy atom. The summed E-state index contributed by atoms with van der Waals surface area (Å²) in [5, 5.41) is 6.22. The molecule has 1 aliphatic heterocycles. The molecular formula is C13H17FN2O. The predicted octanol–water partition coefficient (Wildman–Crippen LogP) is 1.70. The minimum atomic E-state index is -0.322. The molecular weight excluding hydrogens is 219 g/mol. The van der Waals surface area contributed by atoms with Crippen LogP contribution >= 0.6 is 0 Å². The minimum absolute atomic E-state index is 0.136. The van der Waals surface area contributed by atoms with Crippen LogP contribution in [-0.2, 0) is 0 Å². The second-order valence-electron chi connectivity index (χ2n) is 4.34. The second-order valence-corrected chi connectivity index (χ2v) is 4.34. The zero-order chi connectivity index (χ0) is 12.1. The van der Waals surface area contributed by atoms with E-state index in [4.69, 9.17) is 0 Å². The molecule has 2 rings (SSSR count). The van der Waals surface area contributed by atoms with Crippen LogP contribution < -0.4 is 10.6 Å². The van der Waals surface area contributed by atoms with E-state index in [1.165, 1.54) is 37.1 Å². The van der Waals surface area contributed by atoms with E-state index < -0.39 is 0 Å². The van der Waals surface area contributed by atoms with Gasteiger partial charge in [-0.1, -0.05) is 0 Å². The fourth-order valence-corrected chi connectivity index (χ4v) is 2.07. The van der Waals surface area contributed by atoms with E-state index in [0.717, 1.165) is 13.0 Å². The van der Waals surface area contributed by atoms with E-state index >= 15 is 0 Å². The lowest BCUT2D eigenvalue weighted by atomic mass is 10.1. The average molecular weight is 236 g/mol. The number of amides is 1. The van der Waals surface area contributed by atoms with Crippen molar-refractivity contribution in [1.82, 2.24) is 10.6 Å². The lowest BCUT2D eigenvalue weighted by Crippen LogP contribution is -2.30. The Bertz CT molecular complexity index is 372. The molecule has 0 saturated carbocycles. The Labute approximate surface area is 100 Å². The molecule has 0 aromatic heterocycles. The highest BCUT2D eigenvalue weighted by Gasteiger charge is 2.13. The molecule has 1 amide bonds. The maximum absolute atomic E-state index is 12.7. The SMILES string of the molecule is O=C(NCC[C@H]1CCCN1)c1ccc(F)cc1. The van der Waals surface area contributed by atoms with Crippen LogP contribution in [-0.4, -0.2) is 25.0 Å². The van der Waals surface area contributed by atoms with Crippen LogP contribution in [0.25, 0.3) is 0 Å². The summed E-state index contributed by atoms with van der Waals surface area (Å²) in [6, 6.07) is 6.13. The molecule has 0 unspecified atom stereocenters. The minimum Gasteiger partial charge on any atom is -0.352 e. The van der Waals surface area contributed by atoms with Crippen LogP contribution in [0.4, 0.5) is 4.39 Å². The average Bonchev–Trinajstić information content (AvgIpc) is 2.83. The molecule has 1 aliphatic rings. The number of carbonyl (C=O) groups is 1. The first-order chi connectivity index (χ1) is 8.25. The van der Waals surface area contributed by atoms with Crippen molar-refractivity contribution in [2.45, 2.75) is 25.3 Å². The molecule has 4 heteroatoms. The van der Waals surface area contributed by atoms with E-state index in [1.54, 1.807) is 0 Å². The predicted molar refractivity (Wildman–Crippen MR) is 64.4 cm³/mol. The van der Waals surface area contributed by atoms with E-state index in [9.17, 15) is 9.18 Å². The molecule has 1 aromatic carbocycles. The molecule has 1 atom stereocenters. The van der Waals surface area contributed by atoms with Crippen LogP contribution in [0, 0.1) is 5.82 Å². The lowest BCUT2D eigenvalue weighted by molar-refractivity contribution is 0.0952. The number of rotatable bonds is 4. The Hall–Kier alpha value is -1.42. The number of hydrogen-bond acceptors (Lipinski definition) is 2. The Morgan fingerprint density at radius 3 is 2.82 bits per heavy atom. The molecule has 92 valence electrons. The van der Waals surface area contributed by atoms with E-state index in [-0.39, 0.29) is 11.7 Å². The smallest absolute Gasteiger partial charge is 0.251 e. The van der Waals surface area contributed by atoms with Crippen molar-refractivity contribution in [3.63, 3.8) is 0 Å². The van der Waals surface area contributed by atoms with Crippen LogP contribution in [0.3, 0.4) is 0 Å². The summed E-state index contributed by atoms with van der Waals surface area (Å²) in [5.41, 5.74) is 0.505. The Kier molecular flexibility index (Phi) is 4.09. The molecule has 1 saturated heterocycles. The lowest BCUT2D eigenvalue weighted by Gasteiger charge is -2.10.